The van der Waals surface area contributed by atoms with Gasteiger partial charge < -0.3 is 20.3 Å². The van der Waals surface area contributed by atoms with Crippen LogP contribution in [0.2, 0.25) is 0 Å². The Balaban J connectivity index is 0.00000529. The Morgan fingerprint density at radius 1 is 1.25 bits per heavy atom. The molecule has 0 amide bonds. The van der Waals surface area contributed by atoms with E-state index in [2.05, 4.69) is 47.0 Å². The van der Waals surface area contributed by atoms with E-state index in [4.69, 9.17) is 4.74 Å². The molecule has 0 saturated carbocycles. The first-order valence-corrected chi connectivity index (χ1v) is 8.23. The molecule has 0 radical (unpaired) electrons. The molecule has 0 spiro atoms. The number of halogens is 1. The van der Waals surface area contributed by atoms with E-state index in [0.29, 0.717) is 19.7 Å². The van der Waals surface area contributed by atoms with Crippen molar-refractivity contribution in [1.29, 1.82) is 0 Å². The smallest absolute Gasteiger partial charge is 0.191 e. The number of aliphatic imine (C=N–C) groups is 1. The number of benzene rings is 1. The average molecular weight is 446 g/mol. The highest BCUT2D eigenvalue weighted by Gasteiger charge is 2.05. The fourth-order valence-corrected chi connectivity index (χ4v) is 2.18. The van der Waals surface area contributed by atoms with Crippen molar-refractivity contribution in [3.8, 4) is 5.75 Å². The molecular formula is C18H31IN4O. The van der Waals surface area contributed by atoms with Crippen molar-refractivity contribution in [3.63, 3.8) is 0 Å². The van der Waals surface area contributed by atoms with Gasteiger partial charge in [0.05, 0.1) is 0 Å². The van der Waals surface area contributed by atoms with Gasteiger partial charge in [-0.2, -0.15) is 0 Å². The number of hydrogen-bond acceptors (Lipinski definition) is 3. The molecule has 0 fully saturated rings. The molecule has 0 atom stereocenters. The molecule has 0 heterocycles. The summed E-state index contributed by atoms with van der Waals surface area (Å²) in [5.41, 5.74) is 1.12. The average Bonchev–Trinajstić information content (AvgIpc) is 2.60. The van der Waals surface area contributed by atoms with E-state index in [-0.39, 0.29) is 24.0 Å². The Bertz CT molecular complexity index is 490. The quantitative estimate of drug-likeness (QED) is 0.251. The molecule has 1 aromatic rings. The topological polar surface area (TPSA) is 48.9 Å². The van der Waals surface area contributed by atoms with Gasteiger partial charge in [0, 0.05) is 32.2 Å². The van der Waals surface area contributed by atoms with Crippen LogP contribution in [0.5, 0.6) is 5.75 Å². The predicted molar refractivity (Wildman–Crippen MR) is 114 cm³/mol. The SMILES string of the molecule is C=CCNC(=NC)NCc1ccccc1OCCN(CC)CC.I. The maximum Gasteiger partial charge on any atom is 0.191 e. The second-order valence-electron chi connectivity index (χ2n) is 5.08. The number of guanidine groups is 1. The molecule has 6 heteroatoms. The molecule has 0 saturated heterocycles. The number of likely N-dealkylation sites (N-methyl/N-ethyl adjacent to an activating group) is 1. The highest BCUT2D eigenvalue weighted by molar-refractivity contribution is 14.0. The zero-order valence-corrected chi connectivity index (χ0v) is 17.4. The third kappa shape index (κ3) is 8.54. The van der Waals surface area contributed by atoms with Crippen LogP contribution in [0.15, 0.2) is 41.9 Å². The summed E-state index contributed by atoms with van der Waals surface area (Å²) in [6.07, 6.45) is 1.80. The van der Waals surface area contributed by atoms with Gasteiger partial charge in [0.2, 0.25) is 0 Å². The molecule has 2 N–H and O–H groups in total. The van der Waals surface area contributed by atoms with E-state index in [9.17, 15) is 0 Å². The van der Waals surface area contributed by atoms with Crippen LogP contribution in [0.3, 0.4) is 0 Å². The molecule has 0 aliphatic heterocycles. The van der Waals surface area contributed by atoms with Crippen molar-refractivity contribution >= 4 is 29.9 Å². The van der Waals surface area contributed by atoms with Gasteiger partial charge in [-0.15, -0.1) is 30.6 Å². The molecule has 0 aliphatic carbocycles. The van der Waals surface area contributed by atoms with Crippen molar-refractivity contribution in [2.24, 2.45) is 4.99 Å². The zero-order chi connectivity index (χ0) is 16.9. The van der Waals surface area contributed by atoms with Crippen LogP contribution in [0.1, 0.15) is 19.4 Å². The van der Waals surface area contributed by atoms with Crippen molar-refractivity contribution in [2.75, 3.05) is 39.8 Å². The van der Waals surface area contributed by atoms with E-state index in [1.165, 1.54) is 0 Å². The molecule has 5 nitrogen and oxygen atoms in total. The maximum absolute atomic E-state index is 5.96. The highest BCUT2D eigenvalue weighted by atomic mass is 127. The van der Waals surface area contributed by atoms with Gasteiger partial charge in [0.25, 0.3) is 0 Å². The number of rotatable bonds is 10. The minimum atomic E-state index is 0. The number of nitrogens with zero attached hydrogens (tertiary/aromatic N) is 2. The van der Waals surface area contributed by atoms with Crippen LogP contribution in [0.4, 0.5) is 0 Å². The van der Waals surface area contributed by atoms with Crippen LogP contribution < -0.4 is 15.4 Å². The Kier molecular flexibility index (Phi) is 13.3. The molecule has 0 bridgehead atoms. The van der Waals surface area contributed by atoms with Gasteiger partial charge in [0.15, 0.2) is 5.96 Å². The molecular weight excluding hydrogens is 415 g/mol. The fraction of sp³-hybridized carbons (Fsp3) is 0.500. The number of nitrogens with one attached hydrogen (secondary N) is 2. The van der Waals surface area contributed by atoms with Crippen LogP contribution in [0.25, 0.3) is 0 Å². The van der Waals surface area contributed by atoms with Gasteiger partial charge in [0.1, 0.15) is 12.4 Å². The summed E-state index contributed by atoms with van der Waals surface area (Å²) in [6, 6.07) is 8.11. The molecule has 0 aliphatic rings. The lowest BCUT2D eigenvalue weighted by Crippen LogP contribution is -2.36. The second-order valence-corrected chi connectivity index (χ2v) is 5.08. The first-order chi connectivity index (χ1) is 11.2. The number of hydrogen-bond donors (Lipinski definition) is 2. The first-order valence-electron chi connectivity index (χ1n) is 8.23. The van der Waals surface area contributed by atoms with Crippen molar-refractivity contribution in [2.45, 2.75) is 20.4 Å². The van der Waals surface area contributed by atoms with Gasteiger partial charge in [-0.3, -0.25) is 4.99 Å². The second kappa shape index (κ2) is 14.1. The Morgan fingerprint density at radius 2 is 1.96 bits per heavy atom. The number of para-hydroxylation sites is 1. The molecule has 24 heavy (non-hydrogen) atoms. The Labute approximate surface area is 163 Å². The minimum Gasteiger partial charge on any atom is -0.492 e. The highest BCUT2D eigenvalue weighted by Crippen LogP contribution is 2.17. The van der Waals surface area contributed by atoms with E-state index >= 15 is 0 Å². The summed E-state index contributed by atoms with van der Waals surface area (Å²) < 4.78 is 5.96. The van der Waals surface area contributed by atoms with E-state index < -0.39 is 0 Å². The molecule has 1 aromatic carbocycles. The summed E-state index contributed by atoms with van der Waals surface area (Å²) >= 11 is 0. The summed E-state index contributed by atoms with van der Waals surface area (Å²) in [5, 5.41) is 6.44. The third-order valence-corrected chi connectivity index (χ3v) is 3.62. The lowest BCUT2D eigenvalue weighted by Gasteiger charge is -2.19. The summed E-state index contributed by atoms with van der Waals surface area (Å²) in [4.78, 5) is 6.53. The Morgan fingerprint density at radius 3 is 2.58 bits per heavy atom. The predicted octanol–water partition coefficient (Wildman–Crippen LogP) is 2.88. The summed E-state index contributed by atoms with van der Waals surface area (Å²) in [6.45, 7) is 13.1. The molecule has 1 rings (SSSR count). The van der Waals surface area contributed by atoms with Crippen LogP contribution in [0, 0.1) is 0 Å². The lowest BCUT2D eigenvalue weighted by molar-refractivity contribution is 0.221. The van der Waals surface area contributed by atoms with Crippen molar-refractivity contribution in [1.82, 2.24) is 15.5 Å². The number of ether oxygens (including phenoxy) is 1. The van der Waals surface area contributed by atoms with E-state index in [1.807, 2.05) is 18.2 Å². The summed E-state index contributed by atoms with van der Waals surface area (Å²) in [5.74, 6) is 1.68. The van der Waals surface area contributed by atoms with Gasteiger partial charge in [-0.05, 0) is 19.2 Å². The van der Waals surface area contributed by atoms with E-state index in [0.717, 1.165) is 36.9 Å². The largest absolute Gasteiger partial charge is 0.492 e. The third-order valence-electron chi connectivity index (χ3n) is 3.62. The standard InChI is InChI=1S/C18H30N4O.HI/c1-5-12-20-18(19-4)21-15-16-10-8-9-11-17(16)23-14-13-22(6-2)7-3;/h5,8-11H,1,6-7,12-15H2,2-4H3,(H2,19,20,21);1H. The molecule has 0 unspecified atom stereocenters. The zero-order valence-electron chi connectivity index (χ0n) is 15.0. The fourth-order valence-electron chi connectivity index (χ4n) is 2.18. The lowest BCUT2D eigenvalue weighted by atomic mass is 10.2. The van der Waals surface area contributed by atoms with Crippen LogP contribution >= 0.6 is 24.0 Å². The maximum atomic E-state index is 5.96. The van der Waals surface area contributed by atoms with Crippen molar-refractivity contribution < 1.29 is 4.74 Å². The molecule has 0 aromatic heterocycles. The molecule has 136 valence electrons. The monoisotopic (exact) mass is 446 g/mol. The summed E-state index contributed by atoms with van der Waals surface area (Å²) in [7, 11) is 1.75. The normalized spacial score (nSPS) is 10.9. The van der Waals surface area contributed by atoms with Gasteiger partial charge >= 0.3 is 0 Å². The van der Waals surface area contributed by atoms with Crippen LogP contribution in [-0.2, 0) is 6.54 Å². The van der Waals surface area contributed by atoms with Crippen LogP contribution in [-0.4, -0.2) is 50.7 Å². The first kappa shape index (κ1) is 22.7. The Hall–Kier alpha value is -1.28. The van der Waals surface area contributed by atoms with Gasteiger partial charge in [-0.1, -0.05) is 38.1 Å². The van der Waals surface area contributed by atoms with Crippen molar-refractivity contribution in [3.05, 3.63) is 42.5 Å². The minimum absolute atomic E-state index is 0. The van der Waals surface area contributed by atoms with Gasteiger partial charge in [-0.25, -0.2) is 0 Å². The van der Waals surface area contributed by atoms with E-state index in [1.54, 1.807) is 13.1 Å².